The van der Waals surface area contributed by atoms with Gasteiger partial charge in [0.1, 0.15) is 0 Å². The van der Waals surface area contributed by atoms with E-state index in [1.54, 1.807) is 6.07 Å². The molecule has 0 saturated heterocycles. The maximum atomic E-state index is 13.3. The summed E-state index contributed by atoms with van der Waals surface area (Å²) in [5.74, 6) is 0.118. The van der Waals surface area contributed by atoms with Crippen LogP contribution in [0.5, 0.6) is 5.75 Å². The first-order chi connectivity index (χ1) is 7.67. The van der Waals surface area contributed by atoms with Crippen LogP contribution < -0.4 is 10.1 Å². The number of benzene rings is 1. The Morgan fingerprint density at radius 3 is 2.81 bits per heavy atom. The predicted octanol–water partition coefficient (Wildman–Crippen LogP) is 1.55. The number of rotatable bonds is 6. The van der Waals surface area contributed by atoms with Crippen molar-refractivity contribution in [3.05, 3.63) is 29.6 Å². The van der Waals surface area contributed by atoms with E-state index in [4.69, 9.17) is 9.84 Å². The van der Waals surface area contributed by atoms with Gasteiger partial charge in [0, 0.05) is 19.7 Å². The minimum absolute atomic E-state index is 0.157. The van der Waals surface area contributed by atoms with Gasteiger partial charge in [0.15, 0.2) is 11.6 Å². The van der Waals surface area contributed by atoms with Crippen LogP contribution in [0.15, 0.2) is 18.2 Å². The molecule has 0 aliphatic heterocycles. The lowest BCUT2D eigenvalue weighted by molar-refractivity contribution is 0.233. The highest BCUT2D eigenvalue weighted by atomic mass is 19.1. The fourth-order valence-corrected chi connectivity index (χ4v) is 1.35. The van der Waals surface area contributed by atoms with Crippen LogP contribution in [-0.4, -0.2) is 25.4 Å². The molecular formula is C12H18FNO2. The molecule has 0 saturated carbocycles. The first-order valence-corrected chi connectivity index (χ1v) is 5.31. The van der Waals surface area contributed by atoms with Crippen molar-refractivity contribution < 1.29 is 14.2 Å². The zero-order valence-corrected chi connectivity index (χ0v) is 9.66. The summed E-state index contributed by atoms with van der Waals surface area (Å²) >= 11 is 0. The van der Waals surface area contributed by atoms with E-state index in [2.05, 4.69) is 5.32 Å². The van der Waals surface area contributed by atoms with Crippen LogP contribution in [0.25, 0.3) is 0 Å². The summed E-state index contributed by atoms with van der Waals surface area (Å²) in [6.45, 7) is 3.40. The lowest BCUT2D eigenvalue weighted by atomic mass is 10.1. The molecule has 0 amide bonds. The Morgan fingerprint density at radius 1 is 1.50 bits per heavy atom. The highest BCUT2D eigenvalue weighted by Gasteiger charge is 2.04. The van der Waals surface area contributed by atoms with E-state index in [-0.39, 0.29) is 24.1 Å². The second kappa shape index (κ2) is 6.45. The summed E-state index contributed by atoms with van der Waals surface area (Å²) in [5, 5.41) is 12.0. The molecular weight excluding hydrogens is 209 g/mol. The molecule has 0 fully saturated rings. The third kappa shape index (κ3) is 3.79. The first-order valence-electron chi connectivity index (χ1n) is 5.31. The molecule has 0 aromatic heterocycles. The lowest BCUT2D eigenvalue weighted by Crippen LogP contribution is -2.22. The summed E-state index contributed by atoms with van der Waals surface area (Å²) in [4.78, 5) is 0. The average molecular weight is 227 g/mol. The number of ether oxygens (including phenoxy) is 1. The normalized spacial score (nSPS) is 12.5. The number of aliphatic hydroxyl groups is 1. The van der Waals surface area contributed by atoms with E-state index in [0.29, 0.717) is 13.1 Å². The van der Waals surface area contributed by atoms with Crippen molar-refractivity contribution in [2.24, 2.45) is 5.92 Å². The third-order valence-electron chi connectivity index (χ3n) is 2.35. The molecule has 1 atom stereocenters. The number of hydrogen-bond donors (Lipinski definition) is 2. The second-order valence-electron chi connectivity index (χ2n) is 3.89. The Balaban J connectivity index is 2.46. The van der Waals surface area contributed by atoms with E-state index in [9.17, 15) is 4.39 Å². The number of halogens is 1. The summed E-state index contributed by atoms with van der Waals surface area (Å²) in [7, 11) is 1.44. The molecule has 1 unspecified atom stereocenters. The topological polar surface area (TPSA) is 41.5 Å². The van der Waals surface area contributed by atoms with Crippen LogP contribution in [0.2, 0.25) is 0 Å². The minimum Gasteiger partial charge on any atom is -0.494 e. The van der Waals surface area contributed by atoms with Crippen molar-refractivity contribution >= 4 is 0 Å². The van der Waals surface area contributed by atoms with Gasteiger partial charge < -0.3 is 15.2 Å². The van der Waals surface area contributed by atoms with Gasteiger partial charge in [-0.3, -0.25) is 0 Å². The standard InChI is InChI=1S/C12H18FNO2/c1-9(8-15)6-14-7-10-3-4-12(16-2)11(13)5-10/h3-5,9,14-15H,6-8H2,1-2H3. The number of nitrogens with one attached hydrogen (secondary N) is 1. The second-order valence-corrected chi connectivity index (χ2v) is 3.89. The average Bonchev–Trinajstić information content (AvgIpc) is 2.29. The SMILES string of the molecule is COc1ccc(CNCC(C)CO)cc1F. The van der Waals surface area contributed by atoms with Gasteiger partial charge in [0.2, 0.25) is 0 Å². The molecule has 16 heavy (non-hydrogen) atoms. The van der Waals surface area contributed by atoms with E-state index in [1.807, 2.05) is 13.0 Å². The van der Waals surface area contributed by atoms with Gasteiger partial charge in [-0.25, -0.2) is 4.39 Å². The maximum absolute atomic E-state index is 13.3. The highest BCUT2D eigenvalue weighted by Crippen LogP contribution is 2.17. The molecule has 0 aliphatic rings. The molecule has 4 heteroatoms. The smallest absolute Gasteiger partial charge is 0.165 e. The Morgan fingerprint density at radius 2 is 2.25 bits per heavy atom. The van der Waals surface area contributed by atoms with Gasteiger partial charge in [0.05, 0.1) is 7.11 Å². The summed E-state index contributed by atoms with van der Waals surface area (Å²) in [6, 6.07) is 4.88. The van der Waals surface area contributed by atoms with E-state index in [0.717, 1.165) is 5.56 Å². The number of methoxy groups -OCH3 is 1. The Hall–Kier alpha value is -1.13. The largest absolute Gasteiger partial charge is 0.494 e. The van der Waals surface area contributed by atoms with Crippen LogP contribution in [0.3, 0.4) is 0 Å². The quantitative estimate of drug-likeness (QED) is 0.774. The molecule has 0 aliphatic carbocycles. The van der Waals surface area contributed by atoms with Gasteiger partial charge >= 0.3 is 0 Å². The number of aliphatic hydroxyl groups excluding tert-OH is 1. The van der Waals surface area contributed by atoms with Crippen LogP contribution in [0, 0.1) is 11.7 Å². The van der Waals surface area contributed by atoms with E-state index < -0.39 is 0 Å². The van der Waals surface area contributed by atoms with Gasteiger partial charge in [0.25, 0.3) is 0 Å². The van der Waals surface area contributed by atoms with Crippen molar-refractivity contribution in [1.29, 1.82) is 0 Å². The van der Waals surface area contributed by atoms with Crippen LogP contribution >= 0.6 is 0 Å². The van der Waals surface area contributed by atoms with Crippen molar-refractivity contribution in [1.82, 2.24) is 5.32 Å². The van der Waals surface area contributed by atoms with Crippen LogP contribution in [0.4, 0.5) is 4.39 Å². The summed E-state index contributed by atoms with van der Waals surface area (Å²) in [6.07, 6.45) is 0. The molecule has 0 spiro atoms. The first kappa shape index (κ1) is 12.9. The van der Waals surface area contributed by atoms with Crippen molar-refractivity contribution in [3.8, 4) is 5.75 Å². The fourth-order valence-electron chi connectivity index (χ4n) is 1.35. The highest BCUT2D eigenvalue weighted by molar-refractivity contribution is 5.29. The fraction of sp³-hybridized carbons (Fsp3) is 0.500. The van der Waals surface area contributed by atoms with Gasteiger partial charge in [-0.15, -0.1) is 0 Å². The lowest BCUT2D eigenvalue weighted by Gasteiger charge is -2.10. The summed E-state index contributed by atoms with van der Waals surface area (Å²) in [5.41, 5.74) is 0.864. The number of hydrogen-bond acceptors (Lipinski definition) is 3. The molecule has 0 bridgehead atoms. The van der Waals surface area contributed by atoms with Crippen molar-refractivity contribution in [3.63, 3.8) is 0 Å². The molecule has 2 N–H and O–H groups in total. The molecule has 3 nitrogen and oxygen atoms in total. The minimum atomic E-state index is -0.350. The molecule has 1 rings (SSSR count). The zero-order valence-electron chi connectivity index (χ0n) is 9.66. The monoisotopic (exact) mass is 227 g/mol. The molecule has 1 aromatic rings. The van der Waals surface area contributed by atoms with Gasteiger partial charge in [-0.05, 0) is 23.6 Å². The predicted molar refractivity (Wildman–Crippen MR) is 60.9 cm³/mol. The Bertz CT molecular complexity index is 331. The van der Waals surface area contributed by atoms with Crippen LogP contribution in [0.1, 0.15) is 12.5 Å². The molecule has 90 valence electrons. The Kier molecular flexibility index (Phi) is 5.22. The third-order valence-corrected chi connectivity index (χ3v) is 2.35. The van der Waals surface area contributed by atoms with Crippen molar-refractivity contribution in [2.75, 3.05) is 20.3 Å². The van der Waals surface area contributed by atoms with Crippen molar-refractivity contribution in [2.45, 2.75) is 13.5 Å². The van der Waals surface area contributed by atoms with E-state index >= 15 is 0 Å². The van der Waals surface area contributed by atoms with Gasteiger partial charge in [-0.2, -0.15) is 0 Å². The Labute approximate surface area is 95.2 Å². The zero-order chi connectivity index (χ0) is 12.0. The summed E-state index contributed by atoms with van der Waals surface area (Å²) < 4.78 is 18.1. The van der Waals surface area contributed by atoms with Gasteiger partial charge in [-0.1, -0.05) is 13.0 Å². The molecule has 1 aromatic carbocycles. The molecule has 0 radical (unpaired) electrons. The van der Waals surface area contributed by atoms with Crippen LogP contribution in [-0.2, 0) is 6.54 Å². The van der Waals surface area contributed by atoms with E-state index in [1.165, 1.54) is 13.2 Å². The molecule has 0 heterocycles. The maximum Gasteiger partial charge on any atom is 0.165 e.